The van der Waals surface area contributed by atoms with E-state index in [2.05, 4.69) is 20.9 Å². The molecule has 1 fully saturated rings. The molecular formula is C16H21Cl2N5O. The highest BCUT2D eigenvalue weighted by atomic mass is 35.5. The highest BCUT2D eigenvalue weighted by Crippen LogP contribution is 2.19. The van der Waals surface area contributed by atoms with Crippen molar-refractivity contribution in [3.05, 3.63) is 46.7 Å². The molecule has 0 unspecified atom stereocenters. The molecule has 3 rings (SSSR count). The normalized spacial score (nSPS) is 16.2. The molecule has 2 aromatic rings. The van der Waals surface area contributed by atoms with Gasteiger partial charge < -0.3 is 10.6 Å². The van der Waals surface area contributed by atoms with Gasteiger partial charge in [-0.3, -0.25) is 4.79 Å². The first kappa shape index (κ1) is 18.7. The van der Waals surface area contributed by atoms with Crippen molar-refractivity contribution in [2.75, 3.05) is 13.1 Å². The number of amides is 1. The minimum atomic E-state index is -0.224. The van der Waals surface area contributed by atoms with Crippen LogP contribution in [0.4, 0.5) is 0 Å². The van der Waals surface area contributed by atoms with Crippen LogP contribution in [0.2, 0.25) is 5.02 Å². The van der Waals surface area contributed by atoms with Crippen LogP contribution in [0.15, 0.2) is 30.5 Å². The predicted molar refractivity (Wildman–Crippen MR) is 95.7 cm³/mol. The average molecular weight is 370 g/mol. The number of rotatable bonds is 4. The van der Waals surface area contributed by atoms with Gasteiger partial charge in [0.25, 0.3) is 5.91 Å². The molecule has 0 spiro atoms. The zero-order chi connectivity index (χ0) is 16.2. The Morgan fingerprint density at radius 1 is 1.42 bits per heavy atom. The van der Waals surface area contributed by atoms with Crippen molar-refractivity contribution in [2.45, 2.75) is 31.8 Å². The van der Waals surface area contributed by atoms with Crippen molar-refractivity contribution in [3.8, 4) is 0 Å². The Hall–Kier alpha value is -1.63. The van der Waals surface area contributed by atoms with Crippen molar-refractivity contribution < 1.29 is 4.79 Å². The lowest BCUT2D eigenvalue weighted by Gasteiger charge is -2.22. The number of halogens is 2. The van der Waals surface area contributed by atoms with Gasteiger partial charge in [0.15, 0.2) is 5.69 Å². The lowest BCUT2D eigenvalue weighted by molar-refractivity contribution is 0.0934. The van der Waals surface area contributed by atoms with E-state index >= 15 is 0 Å². The first-order valence-corrected chi connectivity index (χ1v) is 8.20. The molecule has 24 heavy (non-hydrogen) atoms. The number of carbonyl (C=O) groups is 1. The van der Waals surface area contributed by atoms with Crippen molar-refractivity contribution >= 4 is 29.9 Å². The summed E-state index contributed by atoms with van der Waals surface area (Å²) >= 11 is 5.99. The second-order valence-electron chi connectivity index (χ2n) is 5.82. The molecular weight excluding hydrogens is 349 g/mol. The van der Waals surface area contributed by atoms with Crippen molar-refractivity contribution in [3.63, 3.8) is 0 Å². The average Bonchev–Trinajstić information content (AvgIpc) is 3.06. The molecule has 1 aromatic heterocycles. The SMILES string of the molecule is C[C@@H](NC(=O)c1cn(C2CCNCC2)nn1)c1cccc(Cl)c1.Cl. The number of carbonyl (C=O) groups excluding carboxylic acids is 1. The standard InChI is InChI=1S/C16H20ClN5O.ClH/c1-11(12-3-2-4-13(17)9-12)19-16(23)15-10-22(21-20-15)14-5-7-18-8-6-14;/h2-4,9-11,14,18H,5-8H2,1H3,(H,19,23);1H/t11-;/m1./s1. The minimum absolute atomic E-state index is 0. The predicted octanol–water partition coefficient (Wildman–Crippen LogP) is 2.77. The molecule has 2 heterocycles. The largest absolute Gasteiger partial charge is 0.344 e. The Balaban J connectivity index is 0.00000208. The van der Waals surface area contributed by atoms with E-state index in [4.69, 9.17) is 11.6 Å². The van der Waals surface area contributed by atoms with Crippen molar-refractivity contribution in [1.29, 1.82) is 0 Å². The number of hydrogen-bond donors (Lipinski definition) is 2. The Kier molecular flexibility index (Phi) is 6.60. The van der Waals surface area contributed by atoms with Gasteiger partial charge in [-0.25, -0.2) is 4.68 Å². The summed E-state index contributed by atoms with van der Waals surface area (Å²) in [5.41, 5.74) is 1.30. The number of nitrogens with zero attached hydrogens (tertiary/aromatic N) is 3. The molecule has 1 saturated heterocycles. The summed E-state index contributed by atoms with van der Waals surface area (Å²) in [6, 6.07) is 7.62. The van der Waals surface area contributed by atoms with Crippen LogP contribution in [0, 0.1) is 0 Å². The van der Waals surface area contributed by atoms with Crippen LogP contribution < -0.4 is 10.6 Å². The van der Waals surface area contributed by atoms with E-state index in [1.165, 1.54) is 0 Å². The van der Waals surface area contributed by atoms with E-state index in [1.54, 1.807) is 10.9 Å². The van der Waals surface area contributed by atoms with Crippen LogP contribution in [-0.4, -0.2) is 34.0 Å². The molecule has 1 aliphatic rings. The number of hydrogen-bond acceptors (Lipinski definition) is 4. The van der Waals surface area contributed by atoms with Gasteiger partial charge in [0.2, 0.25) is 0 Å². The Labute approximate surface area is 152 Å². The van der Waals surface area contributed by atoms with Gasteiger partial charge in [0.05, 0.1) is 18.3 Å². The number of benzene rings is 1. The molecule has 0 bridgehead atoms. The van der Waals surface area contributed by atoms with Crippen molar-refractivity contribution in [1.82, 2.24) is 25.6 Å². The molecule has 6 nitrogen and oxygen atoms in total. The van der Waals surface area contributed by atoms with Crippen LogP contribution in [0.5, 0.6) is 0 Å². The summed E-state index contributed by atoms with van der Waals surface area (Å²) in [4.78, 5) is 12.3. The fourth-order valence-corrected chi connectivity index (χ4v) is 2.96. The molecule has 2 N–H and O–H groups in total. The quantitative estimate of drug-likeness (QED) is 0.868. The summed E-state index contributed by atoms with van der Waals surface area (Å²) in [5.74, 6) is -0.224. The number of nitrogens with one attached hydrogen (secondary N) is 2. The molecule has 1 aliphatic heterocycles. The van der Waals surface area contributed by atoms with Gasteiger partial charge in [-0.2, -0.15) is 0 Å². The van der Waals surface area contributed by atoms with Gasteiger partial charge in [-0.1, -0.05) is 28.9 Å². The maximum absolute atomic E-state index is 12.3. The highest BCUT2D eigenvalue weighted by Gasteiger charge is 2.19. The summed E-state index contributed by atoms with van der Waals surface area (Å²) in [6.45, 7) is 3.86. The smallest absolute Gasteiger partial charge is 0.273 e. The summed E-state index contributed by atoms with van der Waals surface area (Å²) in [7, 11) is 0. The lowest BCUT2D eigenvalue weighted by Crippen LogP contribution is -2.29. The maximum atomic E-state index is 12.3. The molecule has 8 heteroatoms. The Bertz CT molecular complexity index is 685. The van der Waals surface area contributed by atoms with Gasteiger partial charge in [-0.15, -0.1) is 17.5 Å². The van der Waals surface area contributed by atoms with Gasteiger partial charge in [-0.05, 0) is 50.6 Å². The van der Waals surface area contributed by atoms with E-state index in [-0.39, 0.29) is 24.4 Å². The first-order valence-electron chi connectivity index (χ1n) is 7.82. The van der Waals surface area contributed by atoms with Crippen LogP contribution >= 0.6 is 24.0 Å². The van der Waals surface area contributed by atoms with Crippen LogP contribution in [-0.2, 0) is 0 Å². The van der Waals surface area contributed by atoms with E-state index in [0.29, 0.717) is 16.8 Å². The molecule has 130 valence electrons. The Morgan fingerprint density at radius 2 is 2.17 bits per heavy atom. The fraction of sp³-hybridized carbons (Fsp3) is 0.438. The third kappa shape index (κ3) is 4.47. The Morgan fingerprint density at radius 3 is 2.88 bits per heavy atom. The number of aromatic nitrogens is 3. The fourth-order valence-electron chi connectivity index (χ4n) is 2.76. The zero-order valence-electron chi connectivity index (χ0n) is 13.4. The van der Waals surface area contributed by atoms with E-state index in [1.807, 2.05) is 31.2 Å². The topological polar surface area (TPSA) is 71.8 Å². The second-order valence-corrected chi connectivity index (χ2v) is 6.25. The van der Waals surface area contributed by atoms with E-state index < -0.39 is 0 Å². The van der Waals surface area contributed by atoms with Gasteiger partial charge in [0, 0.05) is 5.02 Å². The summed E-state index contributed by atoms with van der Waals surface area (Å²) < 4.78 is 1.81. The van der Waals surface area contributed by atoms with Crippen LogP contribution in [0.3, 0.4) is 0 Å². The van der Waals surface area contributed by atoms with Crippen molar-refractivity contribution in [2.24, 2.45) is 0 Å². The summed E-state index contributed by atoms with van der Waals surface area (Å²) in [5, 5.41) is 15.0. The lowest BCUT2D eigenvalue weighted by atomic mass is 10.1. The highest BCUT2D eigenvalue weighted by molar-refractivity contribution is 6.30. The number of piperidine rings is 1. The van der Waals surface area contributed by atoms with E-state index in [0.717, 1.165) is 31.5 Å². The third-order valence-electron chi connectivity index (χ3n) is 4.12. The van der Waals surface area contributed by atoms with E-state index in [9.17, 15) is 4.79 Å². The molecule has 1 aromatic carbocycles. The molecule has 0 radical (unpaired) electrons. The molecule has 0 aliphatic carbocycles. The molecule has 1 atom stereocenters. The van der Waals surface area contributed by atoms with Crippen LogP contribution in [0.25, 0.3) is 0 Å². The monoisotopic (exact) mass is 369 g/mol. The van der Waals surface area contributed by atoms with Gasteiger partial charge in [0.1, 0.15) is 0 Å². The van der Waals surface area contributed by atoms with Gasteiger partial charge >= 0.3 is 0 Å². The third-order valence-corrected chi connectivity index (χ3v) is 4.36. The molecule has 1 amide bonds. The minimum Gasteiger partial charge on any atom is -0.344 e. The maximum Gasteiger partial charge on any atom is 0.273 e. The second kappa shape index (κ2) is 8.46. The summed E-state index contributed by atoms with van der Waals surface area (Å²) in [6.07, 6.45) is 3.74. The molecule has 0 saturated carbocycles. The van der Waals surface area contributed by atoms with Crippen LogP contribution in [0.1, 0.15) is 47.9 Å². The first-order chi connectivity index (χ1) is 11.1. The zero-order valence-corrected chi connectivity index (χ0v) is 15.0.